The predicted octanol–water partition coefficient (Wildman–Crippen LogP) is 4.19. The average molecular weight is 326 g/mol. The van der Waals surface area contributed by atoms with Crippen LogP contribution < -0.4 is 4.74 Å². The van der Waals surface area contributed by atoms with E-state index in [4.69, 9.17) is 0 Å². The Balaban J connectivity index is 2.96. The lowest BCUT2D eigenvalue weighted by atomic mass is 10.2. The summed E-state index contributed by atoms with van der Waals surface area (Å²) in [4.78, 5) is 2.02. The Bertz CT molecular complexity index is 391. The molecule has 1 aromatic rings. The first-order valence-electron chi connectivity index (χ1n) is 5.62. The van der Waals surface area contributed by atoms with Gasteiger partial charge in [0.25, 0.3) is 0 Å². The minimum absolute atomic E-state index is 0.141. The number of benzene rings is 1. The van der Waals surface area contributed by atoms with Crippen LogP contribution in [-0.2, 0) is 6.54 Å². The van der Waals surface area contributed by atoms with Crippen molar-refractivity contribution in [2.45, 2.75) is 26.8 Å². The van der Waals surface area contributed by atoms with E-state index in [1.807, 2.05) is 18.7 Å². The van der Waals surface area contributed by atoms with Gasteiger partial charge in [-0.25, -0.2) is 0 Å². The molecule has 0 amide bonds. The molecule has 0 unspecified atom stereocenters. The molecule has 18 heavy (non-hydrogen) atoms. The molecule has 0 saturated heterocycles. The summed E-state index contributed by atoms with van der Waals surface area (Å²) in [6, 6.07) is 4.52. The van der Waals surface area contributed by atoms with Gasteiger partial charge in [0, 0.05) is 16.6 Å². The van der Waals surface area contributed by atoms with Gasteiger partial charge in [0.15, 0.2) is 0 Å². The molecule has 0 aromatic heterocycles. The topological polar surface area (TPSA) is 12.5 Å². The fraction of sp³-hybridized carbons (Fsp3) is 0.500. The molecule has 0 bridgehead atoms. The highest BCUT2D eigenvalue weighted by Gasteiger charge is 2.32. The van der Waals surface area contributed by atoms with E-state index in [1.54, 1.807) is 6.07 Å². The zero-order valence-electron chi connectivity index (χ0n) is 10.2. The third-order valence-corrected chi connectivity index (χ3v) is 3.03. The number of hydrogen-bond acceptors (Lipinski definition) is 2. The highest BCUT2D eigenvalue weighted by atomic mass is 79.9. The van der Waals surface area contributed by atoms with Crippen LogP contribution in [0, 0.1) is 0 Å². The van der Waals surface area contributed by atoms with E-state index in [9.17, 15) is 13.2 Å². The molecule has 0 aliphatic carbocycles. The first-order valence-corrected chi connectivity index (χ1v) is 6.41. The van der Waals surface area contributed by atoms with E-state index in [2.05, 4.69) is 20.7 Å². The van der Waals surface area contributed by atoms with Crippen molar-refractivity contribution in [1.29, 1.82) is 0 Å². The maximum atomic E-state index is 12.3. The second kappa shape index (κ2) is 6.43. The lowest BCUT2D eigenvalue weighted by Gasteiger charge is -2.20. The van der Waals surface area contributed by atoms with Crippen LogP contribution in [-0.4, -0.2) is 24.4 Å². The largest absolute Gasteiger partial charge is 0.573 e. The Kier molecular flexibility index (Phi) is 5.47. The minimum atomic E-state index is -4.66. The molecule has 0 heterocycles. The molecular formula is C12H15BrF3NO. The number of nitrogens with zero attached hydrogens (tertiary/aromatic N) is 1. The fourth-order valence-electron chi connectivity index (χ4n) is 1.58. The quantitative estimate of drug-likeness (QED) is 0.804. The Morgan fingerprint density at radius 3 is 2.33 bits per heavy atom. The van der Waals surface area contributed by atoms with Crippen LogP contribution in [0.3, 0.4) is 0 Å². The highest BCUT2D eigenvalue weighted by molar-refractivity contribution is 9.10. The maximum absolute atomic E-state index is 12.3. The van der Waals surface area contributed by atoms with Gasteiger partial charge >= 0.3 is 6.36 Å². The fourth-order valence-corrected chi connectivity index (χ4v) is 1.99. The minimum Gasteiger partial charge on any atom is -0.405 e. The van der Waals surface area contributed by atoms with Gasteiger partial charge < -0.3 is 4.74 Å². The van der Waals surface area contributed by atoms with Gasteiger partial charge in [-0.1, -0.05) is 29.8 Å². The molecule has 0 saturated carbocycles. The summed E-state index contributed by atoms with van der Waals surface area (Å²) in [5.41, 5.74) is 0.519. The lowest BCUT2D eigenvalue weighted by Crippen LogP contribution is -2.24. The molecule has 1 aromatic carbocycles. The highest BCUT2D eigenvalue weighted by Crippen LogP contribution is 2.29. The molecule has 102 valence electrons. The van der Waals surface area contributed by atoms with Crippen LogP contribution in [0.1, 0.15) is 19.4 Å². The molecular weight excluding hydrogens is 311 g/mol. The van der Waals surface area contributed by atoms with Gasteiger partial charge in [0.1, 0.15) is 5.75 Å². The summed E-state index contributed by atoms with van der Waals surface area (Å²) < 4.78 is 41.6. The molecule has 2 nitrogen and oxygen atoms in total. The van der Waals surface area contributed by atoms with Gasteiger partial charge in [0.2, 0.25) is 0 Å². The van der Waals surface area contributed by atoms with Crippen molar-refractivity contribution in [3.8, 4) is 5.75 Å². The molecule has 0 N–H and O–H groups in total. The second-order valence-corrected chi connectivity index (χ2v) is 4.68. The summed E-state index contributed by atoms with van der Waals surface area (Å²) >= 11 is 3.25. The van der Waals surface area contributed by atoms with Gasteiger partial charge in [-0.3, -0.25) is 4.90 Å². The number of rotatable bonds is 5. The van der Waals surface area contributed by atoms with Crippen LogP contribution in [0.25, 0.3) is 0 Å². The standard InChI is InChI=1S/C12H15BrF3NO/c1-3-17(4-2)8-9-7-10(13)5-6-11(9)18-12(14,15)16/h5-7H,3-4,8H2,1-2H3. The Morgan fingerprint density at radius 1 is 1.22 bits per heavy atom. The zero-order chi connectivity index (χ0) is 13.8. The molecule has 0 atom stereocenters. The molecule has 0 fully saturated rings. The number of halogens is 4. The molecule has 0 radical (unpaired) electrons. The lowest BCUT2D eigenvalue weighted by molar-refractivity contribution is -0.275. The molecule has 0 aliphatic heterocycles. The Labute approximate surface area is 113 Å². The summed E-state index contributed by atoms with van der Waals surface area (Å²) in [6.45, 7) is 5.90. The Morgan fingerprint density at radius 2 is 1.83 bits per heavy atom. The van der Waals surface area contributed by atoms with Crippen LogP contribution in [0.2, 0.25) is 0 Å². The maximum Gasteiger partial charge on any atom is 0.573 e. The number of ether oxygens (including phenoxy) is 1. The summed E-state index contributed by atoms with van der Waals surface area (Å²) in [5, 5.41) is 0. The van der Waals surface area contributed by atoms with Gasteiger partial charge in [-0.2, -0.15) is 0 Å². The van der Waals surface area contributed by atoms with Crippen molar-refractivity contribution in [1.82, 2.24) is 4.90 Å². The first kappa shape index (κ1) is 15.3. The second-order valence-electron chi connectivity index (χ2n) is 3.76. The van der Waals surface area contributed by atoms with E-state index < -0.39 is 6.36 Å². The monoisotopic (exact) mass is 325 g/mol. The zero-order valence-corrected chi connectivity index (χ0v) is 11.8. The van der Waals surface area contributed by atoms with Crippen LogP contribution >= 0.6 is 15.9 Å². The van der Waals surface area contributed by atoms with Crippen molar-refractivity contribution in [3.63, 3.8) is 0 Å². The van der Waals surface area contributed by atoms with Crippen molar-refractivity contribution < 1.29 is 17.9 Å². The van der Waals surface area contributed by atoms with E-state index >= 15 is 0 Å². The third-order valence-electron chi connectivity index (χ3n) is 2.54. The van der Waals surface area contributed by atoms with E-state index in [0.717, 1.165) is 17.6 Å². The van der Waals surface area contributed by atoms with Gasteiger partial charge in [-0.15, -0.1) is 13.2 Å². The average Bonchev–Trinajstić information content (AvgIpc) is 2.27. The molecule has 0 spiro atoms. The number of alkyl halides is 3. The van der Waals surface area contributed by atoms with Crippen molar-refractivity contribution in [2.75, 3.05) is 13.1 Å². The summed E-state index contributed by atoms with van der Waals surface area (Å²) in [6.07, 6.45) is -4.66. The van der Waals surface area contributed by atoms with Crippen molar-refractivity contribution in [3.05, 3.63) is 28.2 Å². The van der Waals surface area contributed by atoms with E-state index in [-0.39, 0.29) is 5.75 Å². The van der Waals surface area contributed by atoms with Crippen LogP contribution in [0.15, 0.2) is 22.7 Å². The first-order chi connectivity index (χ1) is 8.35. The third kappa shape index (κ3) is 4.86. The van der Waals surface area contributed by atoms with Crippen molar-refractivity contribution in [2.24, 2.45) is 0 Å². The van der Waals surface area contributed by atoms with Crippen LogP contribution in [0.5, 0.6) is 5.75 Å². The predicted molar refractivity (Wildman–Crippen MR) is 67.5 cm³/mol. The van der Waals surface area contributed by atoms with Crippen LogP contribution in [0.4, 0.5) is 13.2 Å². The molecule has 0 aliphatic rings. The normalized spacial score (nSPS) is 11.9. The van der Waals surface area contributed by atoms with E-state index in [0.29, 0.717) is 12.1 Å². The molecule has 6 heteroatoms. The SMILES string of the molecule is CCN(CC)Cc1cc(Br)ccc1OC(F)(F)F. The summed E-state index contributed by atoms with van der Waals surface area (Å²) in [5.74, 6) is -0.141. The van der Waals surface area contributed by atoms with E-state index in [1.165, 1.54) is 12.1 Å². The van der Waals surface area contributed by atoms with Gasteiger partial charge in [-0.05, 0) is 31.3 Å². The Hall–Kier alpha value is -0.750. The number of hydrogen-bond donors (Lipinski definition) is 0. The summed E-state index contributed by atoms with van der Waals surface area (Å²) in [7, 11) is 0. The van der Waals surface area contributed by atoms with Gasteiger partial charge in [0.05, 0.1) is 0 Å². The molecule has 1 rings (SSSR count). The smallest absolute Gasteiger partial charge is 0.405 e. The van der Waals surface area contributed by atoms with Crippen molar-refractivity contribution >= 4 is 15.9 Å².